The first-order valence-electron chi connectivity index (χ1n) is 9.53. The molecule has 0 unspecified atom stereocenters. The van der Waals surface area contributed by atoms with Gasteiger partial charge in [0, 0.05) is 18.8 Å². The molecular formula is C22H26N2O5. The molecule has 1 aliphatic heterocycles. The molecule has 7 nitrogen and oxygen atoms in total. The van der Waals surface area contributed by atoms with E-state index < -0.39 is 5.97 Å². The zero-order chi connectivity index (χ0) is 20.8. The van der Waals surface area contributed by atoms with E-state index in [-0.39, 0.29) is 12.5 Å². The van der Waals surface area contributed by atoms with Crippen LogP contribution in [0.4, 0.5) is 11.4 Å². The van der Waals surface area contributed by atoms with E-state index >= 15 is 0 Å². The van der Waals surface area contributed by atoms with Crippen LogP contribution in [0.1, 0.15) is 21.5 Å². The lowest BCUT2D eigenvalue weighted by molar-refractivity contribution is -0.118. The van der Waals surface area contributed by atoms with Gasteiger partial charge >= 0.3 is 5.97 Å². The highest BCUT2D eigenvalue weighted by Crippen LogP contribution is 2.26. The fraction of sp³-hybridized carbons (Fsp3) is 0.364. The lowest BCUT2D eigenvalue weighted by Crippen LogP contribution is -2.37. The number of anilines is 2. The number of esters is 1. The summed E-state index contributed by atoms with van der Waals surface area (Å²) in [6, 6.07) is 11.0. The molecule has 1 aliphatic rings. The van der Waals surface area contributed by atoms with Crippen LogP contribution in [0.2, 0.25) is 0 Å². The Balaban J connectivity index is 1.69. The van der Waals surface area contributed by atoms with E-state index in [0.29, 0.717) is 43.3 Å². The van der Waals surface area contributed by atoms with E-state index in [2.05, 4.69) is 10.2 Å². The number of nitrogens with zero attached hydrogens (tertiary/aromatic N) is 1. The van der Waals surface area contributed by atoms with Crippen molar-refractivity contribution in [1.29, 1.82) is 0 Å². The molecule has 3 rings (SSSR count). The molecule has 0 bridgehead atoms. The van der Waals surface area contributed by atoms with E-state index in [1.807, 2.05) is 38.1 Å². The van der Waals surface area contributed by atoms with Gasteiger partial charge in [-0.1, -0.05) is 17.7 Å². The quantitative estimate of drug-likeness (QED) is 0.754. The number of amides is 1. The van der Waals surface area contributed by atoms with Crippen LogP contribution in [0.3, 0.4) is 0 Å². The fourth-order valence-electron chi connectivity index (χ4n) is 3.27. The molecule has 1 heterocycles. The van der Waals surface area contributed by atoms with Crippen LogP contribution in [0.25, 0.3) is 0 Å². The Kier molecular flexibility index (Phi) is 6.72. The Bertz CT molecular complexity index is 891. The second-order valence-corrected chi connectivity index (χ2v) is 6.93. The molecule has 154 valence electrons. The van der Waals surface area contributed by atoms with Crippen LogP contribution in [-0.2, 0) is 14.3 Å². The van der Waals surface area contributed by atoms with Crippen molar-refractivity contribution >= 4 is 23.3 Å². The van der Waals surface area contributed by atoms with Crippen LogP contribution < -0.4 is 15.0 Å². The smallest absolute Gasteiger partial charge is 0.340 e. The number of carbonyl (C=O) groups excluding carboxylic acids is 2. The van der Waals surface area contributed by atoms with E-state index in [9.17, 15) is 9.59 Å². The van der Waals surface area contributed by atoms with Gasteiger partial charge in [-0.15, -0.1) is 0 Å². The molecule has 29 heavy (non-hydrogen) atoms. The molecule has 1 amide bonds. The third-order valence-corrected chi connectivity index (χ3v) is 4.73. The minimum absolute atomic E-state index is 0.122. The first-order valence-corrected chi connectivity index (χ1v) is 9.53. The number of carbonyl (C=O) groups is 2. The van der Waals surface area contributed by atoms with Crippen LogP contribution >= 0.6 is 0 Å². The van der Waals surface area contributed by atoms with Gasteiger partial charge in [0.15, 0.2) is 6.61 Å². The van der Waals surface area contributed by atoms with Crippen molar-refractivity contribution in [2.45, 2.75) is 13.8 Å². The number of rotatable bonds is 6. The molecule has 0 aromatic heterocycles. The van der Waals surface area contributed by atoms with Crippen LogP contribution in [0.5, 0.6) is 5.75 Å². The van der Waals surface area contributed by atoms with Gasteiger partial charge in [-0.2, -0.15) is 0 Å². The van der Waals surface area contributed by atoms with Crippen molar-refractivity contribution in [2.75, 3.05) is 50.2 Å². The number of hydrogen-bond acceptors (Lipinski definition) is 6. The molecular weight excluding hydrogens is 372 g/mol. The number of ether oxygens (including phenoxy) is 3. The monoisotopic (exact) mass is 398 g/mol. The van der Waals surface area contributed by atoms with Crippen LogP contribution in [0.15, 0.2) is 36.4 Å². The number of aryl methyl sites for hydroxylation is 2. The Morgan fingerprint density at radius 2 is 1.86 bits per heavy atom. The number of benzene rings is 2. The topological polar surface area (TPSA) is 77.1 Å². The maximum atomic E-state index is 12.3. The maximum Gasteiger partial charge on any atom is 0.340 e. The molecule has 2 aromatic rings. The van der Waals surface area contributed by atoms with Crippen molar-refractivity contribution < 1.29 is 23.8 Å². The summed E-state index contributed by atoms with van der Waals surface area (Å²) in [7, 11) is 1.34. The lowest BCUT2D eigenvalue weighted by Gasteiger charge is -2.30. The SMILES string of the molecule is COC(=O)c1cc(NC(=O)COc2ccc(C)cc2C)ccc1N1CCOCC1. The largest absolute Gasteiger partial charge is 0.483 e. The third kappa shape index (κ3) is 5.26. The molecule has 0 saturated carbocycles. The van der Waals surface area contributed by atoms with Gasteiger partial charge in [-0.05, 0) is 43.7 Å². The van der Waals surface area contributed by atoms with Gasteiger partial charge in [0.05, 0.1) is 31.6 Å². The van der Waals surface area contributed by atoms with Gasteiger partial charge in [-0.3, -0.25) is 4.79 Å². The maximum absolute atomic E-state index is 12.3. The highest BCUT2D eigenvalue weighted by Gasteiger charge is 2.20. The summed E-state index contributed by atoms with van der Waals surface area (Å²) in [6.45, 7) is 6.42. The first-order chi connectivity index (χ1) is 14.0. The molecule has 2 aromatic carbocycles. The molecule has 1 saturated heterocycles. The zero-order valence-corrected chi connectivity index (χ0v) is 17.0. The summed E-state index contributed by atoms with van der Waals surface area (Å²) in [5, 5.41) is 2.78. The van der Waals surface area contributed by atoms with Gasteiger partial charge in [0.2, 0.25) is 0 Å². The Hall–Kier alpha value is -3.06. The van der Waals surface area contributed by atoms with Crippen molar-refractivity contribution in [3.8, 4) is 5.75 Å². The van der Waals surface area contributed by atoms with E-state index in [1.54, 1.807) is 12.1 Å². The summed E-state index contributed by atoms with van der Waals surface area (Å²) < 4.78 is 15.9. The predicted octanol–water partition coefficient (Wildman–Crippen LogP) is 2.94. The minimum Gasteiger partial charge on any atom is -0.483 e. The van der Waals surface area contributed by atoms with Crippen molar-refractivity contribution in [1.82, 2.24) is 0 Å². The lowest BCUT2D eigenvalue weighted by atomic mass is 10.1. The highest BCUT2D eigenvalue weighted by atomic mass is 16.5. The molecule has 0 spiro atoms. The summed E-state index contributed by atoms with van der Waals surface area (Å²) in [4.78, 5) is 26.7. The van der Waals surface area contributed by atoms with Crippen molar-refractivity contribution in [3.05, 3.63) is 53.1 Å². The van der Waals surface area contributed by atoms with E-state index in [4.69, 9.17) is 14.2 Å². The van der Waals surface area contributed by atoms with Gasteiger partial charge < -0.3 is 24.4 Å². The predicted molar refractivity (Wildman–Crippen MR) is 111 cm³/mol. The standard InChI is InChI=1S/C22H26N2O5/c1-15-4-7-20(16(2)12-15)29-14-21(25)23-17-5-6-19(18(13-17)22(26)27-3)24-8-10-28-11-9-24/h4-7,12-13H,8-11,14H2,1-3H3,(H,23,25). The highest BCUT2D eigenvalue weighted by molar-refractivity contribution is 5.99. The zero-order valence-electron chi connectivity index (χ0n) is 17.0. The average molecular weight is 398 g/mol. The second kappa shape index (κ2) is 9.43. The Morgan fingerprint density at radius 1 is 1.10 bits per heavy atom. The molecule has 0 aliphatic carbocycles. The van der Waals surface area contributed by atoms with Crippen molar-refractivity contribution in [3.63, 3.8) is 0 Å². The number of morpholine rings is 1. The normalized spacial score (nSPS) is 13.7. The Labute approximate surface area is 170 Å². The summed E-state index contributed by atoms with van der Waals surface area (Å²) in [5.74, 6) is -0.0855. The molecule has 0 atom stereocenters. The molecule has 1 fully saturated rings. The summed E-state index contributed by atoms with van der Waals surface area (Å²) >= 11 is 0. The molecule has 1 N–H and O–H groups in total. The van der Waals surface area contributed by atoms with Crippen LogP contribution in [0, 0.1) is 13.8 Å². The third-order valence-electron chi connectivity index (χ3n) is 4.73. The fourth-order valence-corrected chi connectivity index (χ4v) is 3.27. The average Bonchev–Trinajstić information content (AvgIpc) is 2.73. The summed E-state index contributed by atoms with van der Waals surface area (Å²) in [5.41, 5.74) is 3.79. The van der Waals surface area contributed by atoms with Gasteiger partial charge in [0.1, 0.15) is 5.75 Å². The van der Waals surface area contributed by atoms with Gasteiger partial charge in [-0.25, -0.2) is 4.79 Å². The number of hydrogen-bond donors (Lipinski definition) is 1. The van der Waals surface area contributed by atoms with Crippen molar-refractivity contribution in [2.24, 2.45) is 0 Å². The van der Waals surface area contributed by atoms with Gasteiger partial charge in [0.25, 0.3) is 5.91 Å². The molecule has 7 heteroatoms. The van der Waals surface area contributed by atoms with E-state index in [0.717, 1.165) is 16.8 Å². The van der Waals surface area contributed by atoms with E-state index in [1.165, 1.54) is 7.11 Å². The summed E-state index contributed by atoms with van der Waals surface area (Å²) in [6.07, 6.45) is 0. The Morgan fingerprint density at radius 3 is 2.55 bits per heavy atom. The second-order valence-electron chi connectivity index (χ2n) is 6.93. The molecule has 0 radical (unpaired) electrons. The first kappa shape index (κ1) is 20.7. The number of nitrogens with one attached hydrogen (secondary N) is 1. The number of methoxy groups -OCH3 is 1. The van der Waals surface area contributed by atoms with Crippen LogP contribution in [-0.4, -0.2) is 51.9 Å². The minimum atomic E-state index is -0.450.